The molecule has 0 saturated carbocycles. The third-order valence-corrected chi connectivity index (χ3v) is 7.30. The Morgan fingerprint density at radius 1 is 0.886 bits per heavy atom. The molecule has 3 heterocycles. The summed E-state index contributed by atoms with van der Waals surface area (Å²) in [6.45, 7) is 8.61. The van der Waals surface area contributed by atoms with E-state index in [-0.39, 0.29) is 12.1 Å². The van der Waals surface area contributed by atoms with Crippen molar-refractivity contribution in [2.45, 2.75) is 39.8 Å². The number of benzene rings is 2. The van der Waals surface area contributed by atoms with Crippen molar-refractivity contribution >= 4 is 23.0 Å². The second-order valence-corrected chi connectivity index (χ2v) is 9.51. The van der Waals surface area contributed by atoms with E-state index in [9.17, 15) is 0 Å². The van der Waals surface area contributed by atoms with Gasteiger partial charge in [0.05, 0.1) is 24.9 Å². The first-order valence-corrected chi connectivity index (χ1v) is 12.2. The van der Waals surface area contributed by atoms with Crippen LogP contribution >= 0.6 is 12.2 Å². The maximum absolute atomic E-state index is 5.92. The highest BCUT2D eigenvalue weighted by Gasteiger charge is 2.42. The first-order chi connectivity index (χ1) is 16.9. The molecular weight excluding hydrogens is 452 g/mol. The molecule has 1 aliphatic rings. The summed E-state index contributed by atoms with van der Waals surface area (Å²) < 4.78 is 7.66. The zero-order valence-corrected chi connectivity index (χ0v) is 21.6. The average molecular weight is 483 g/mol. The third-order valence-electron chi connectivity index (χ3n) is 6.99. The van der Waals surface area contributed by atoms with Crippen molar-refractivity contribution in [1.82, 2.24) is 14.9 Å². The van der Waals surface area contributed by atoms with Crippen molar-refractivity contribution in [3.63, 3.8) is 0 Å². The van der Waals surface area contributed by atoms with Crippen molar-refractivity contribution in [2.24, 2.45) is 0 Å². The number of pyridine rings is 1. The molecule has 0 spiro atoms. The van der Waals surface area contributed by atoms with Crippen LogP contribution in [0.3, 0.4) is 0 Å². The number of hydrogen-bond acceptors (Lipinski definition) is 3. The fraction of sp³-hybridized carbons (Fsp3) is 0.241. The maximum Gasteiger partial charge on any atom is 0.174 e. The van der Waals surface area contributed by atoms with Crippen LogP contribution < -0.4 is 15.0 Å². The van der Waals surface area contributed by atoms with Gasteiger partial charge in [-0.3, -0.25) is 4.98 Å². The van der Waals surface area contributed by atoms with Gasteiger partial charge in [0.1, 0.15) is 5.75 Å². The van der Waals surface area contributed by atoms with Gasteiger partial charge >= 0.3 is 0 Å². The van der Waals surface area contributed by atoms with Crippen molar-refractivity contribution in [1.29, 1.82) is 0 Å². The summed E-state index contributed by atoms with van der Waals surface area (Å²) in [4.78, 5) is 6.95. The average Bonchev–Trinajstić information content (AvgIpc) is 3.36. The second-order valence-electron chi connectivity index (χ2n) is 9.13. The van der Waals surface area contributed by atoms with Crippen LogP contribution in [0.4, 0.5) is 5.69 Å². The number of hydrogen-bond donors (Lipinski definition) is 1. The fourth-order valence-corrected chi connectivity index (χ4v) is 5.39. The molecular formula is C29H30N4OS. The summed E-state index contributed by atoms with van der Waals surface area (Å²) in [5.41, 5.74) is 9.24. The van der Waals surface area contributed by atoms with Crippen molar-refractivity contribution in [3.8, 4) is 11.4 Å². The van der Waals surface area contributed by atoms with E-state index in [2.05, 4.69) is 84.9 Å². The first kappa shape index (κ1) is 23.1. The van der Waals surface area contributed by atoms with Gasteiger partial charge in [-0.1, -0.05) is 12.1 Å². The Kier molecular flexibility index (Phi) is 6.07. The standard InChI is InChI=1S/C29H30N4OS/c1-18-9-10-23(16-19(18)2)33-28(27(31-29(33)35)26-8-6-7-15-30-26)25-17-20(3)32(21(25)4)22-11-13-24(34-5)14-12-22/h6-17,27-28H,1-5H3,(H,31,35)/t27-,28-/m0/s1. The van der Waals surface area contributed by atoms with Crippen molar-refractivity contribution < 1.29 is 4.74 Å². The molecule has 4 aromatic rings. The van der Waals surface area contributed by atoms with Crippen LogP contribution in [0.5, 0.6) is 5.75 Å². The SMILES string of the molecule is COc1ccc(-n2c(C)cc([C@H]3[C@H](c4ccccn4)NC(=S)N3c3ccc(C)c(C)c3)c2C)cc1. The van der Waals surface area contributed by atoms with E-state index in [1.807, 2.05) is 30.5 Å². The maximum atomic E-state index is 5.92. The molecule has 0 unspecified atom stereocenters. The Morgan fingerprint density at radius 3 is 2.29 bits per heavy atom. The lowest BCUT2D eigenvalue weighted by Gasteiger charge is -2.28. The minimum atomic E-state index is -0.0740. The third kappa shape index (κ3) is 4.08. The molecule has 0 aliphatic carbocycles. The molecule has 6 heteroatoms. The zero-order chi connectivity index (χ0) is 24.7. The van der Waals surface area contributed by atoms with E-state index in [1.165, 1.54) is 28.1 Å². The highest BCUT2D eigenvalue weighted by Crippen LogP contribution is 2.44. The van der Waals surface area contributed by atoms with Crippen LogP contribution in [0.25, 0.3) is 5.69 Å². The molecule has 1 saturated heterocycles. The summed E-state index contributed by atoms with van der Waals surface area (Å²) >= 11 is 5.92. The summed E-state index contributed by atoms with van der Waals surface area (Å²) in [6.07, 6.45) is 1.84. The molecule has 5 nitrogen and oxygen atoms in total. The van der Waals surface area contributed by atoms with Gasteiger partial charge in [0.15, 0.2) is 5.11 Å². The Hall–Kier alpha value is -3.64. The minimum Gasteiger partial charge on any atom is -0.497 e. The van der Waals surface area contributed by atoms with E-state index in [0.717, 1.165) is 22.8 Å². The second kappa shape index (κ2) is 9.19. The Morgan fingerprint density at radius 2 is 1.63 bits per heavy atom. The van der Waals surface area contributed by atoms with Crippen molar-refractivity contribution in [2.75, 3.05) is 12.0 Å². The van der Waals surface area contributed by atoms with Gasteiger partial charge in [-0.2, -0.15) is 0 Å². The molecule has 1 N–H and O–H groups in total. The Labute approximate surface area is 212 Å². The van der Waals surface area contributed by atoms with Crippen LogP contribution in [-0.4, -0.2) is 21.8 Å². The lowest BCUT2D eigenvalue weighted by molar-refractivity contribution is 0.414. The van der Waals surface area contributed by atoms with Crippen LogP contribution in [0.15, 0.2) is 72.9 Å². The molecule has 0 radical (unpaired) electrons. The van der Waals surface area contributed by atoms with Crippen LogP contribution in [0.2, 0.25) is 0 Å². The zero-order valence-electron chi connectivity index (χ0n) is 20.7. The number of aromatic nitrogens is 2. The molecule has 2 aromatic heterocycles. The van der Waals surface area contributed by atoms with Gasteiger partial charge in [-0.15, -0.1) is 0 Å². The van der Waals surface area contributed by atoms with E-state index < -0.39 is 0 Å². The van der Waals surface area contributed by atoms with Crippen LogP contribution in [0, 0.1) is 27.7 Å². The molecule has 1 fully saturated rings. The van der Waals surface area contributed by atoms with Gasteiger partial charge < -0.3 is 19.5 Å². The number of anilines is 1. The Bertz CT molecular complexity index is 1380. The quantitative estimate of drug-likeness (QED) is 0.339. The summed E-state index contributed by atoms with van der Waals surface area (Å²) in [5, 5.41) is 4.29. The summed E-state index contributed by atoms with van der Waals surface area (Å²) in [6, 6.07) is 22.9. The number of aryl methyl sites for hydroxylation is 3. The molecule has 1 aliphatic heterocycles. The normalized spacial score (nSPS) is 17.5. The predicted octanol–water partition coefficient (Wildman–Crippen LogP) is 6.29. The van der Waals surface area contributed by atoms with Crippen molar-refractivity contribution in [3.05, 3.63) is 107 Å². The van der Waals surface area contributed by atoms with E-state index in [0.29, 0.717) is 5.11 Å². The number of nitrogens with one attached hydrogen (secondary N) is 1. The number of thiocarbonyl (C=S) groups is 1. The summed E-state index contributed by atoms with van der Waals surface area (Å²) in [7, 11) is 1.69. The largest absolute Gasteiger partial charge is 0.497 e. The molecule has 178 valence electrons. The lowest BCUT2D eigenvalue weighted by Crippen LogP contribution is -2.29. The highest BCUT2D eigenvalue weighted by molar-refractivity contribution is 7.80. The van der Waals surface area contributed by atoms with E-state index in [4.69, 9.17) is 21.9 Å². The van der Waals surface area contributed by atoms with Gasteiger partial charge in [0, 0.05) is 29.0 Å². The molecule has 35 heavy (non-hydrogen) atoms. The van der Waals surface area contributed by atoms with Gasteiger partial charge in [0.2, 0.25) is 0 Å². The van der Waals surface area contributed by atoms with E-state index in [1.54, 1.807) is 7.11 Å². The first-order valence-electron chi connectivity index (χ1n) is 11.8. The molecule has 0 bridgehead atoms. The lowest BCUT2D eigenvalue weighted by atomic mass is 9.96. The fourth-order valence-electron chi connectivity index (χ4n) is 5.04. The molecule has 0 amide bonds. The number of methoxy groups -OCH3 is 1. The smallest absolute Gasteiger partial charge is 0.174 e. The monoisotopic (exact) mass is 482 g/mol. The summed E-state index contributed by atoms with van der Waals surface area (Å²) in [5.74, 6) is 0.845. The van der Waals surface area contributed by atoms with Gasteiger partial charge in [-0.05, 0) is 111 Å². The topological polar surface area (TPSA) is 42.3 Å². The number of ether oxygens (including phenoxy) is 1. The minimum absolute atomic E-state index is 0.0438. The van der Waals surface area contributed by atoms with Gasteiger partial charge in [-0.25, -0.2) is 0 Å². The predicted molar refractivity (Wildman–Crippen MR) is 146 cm³/mol. The van der Waals surface area contributed by atoms with Crippen LogP contribution in [-0.2, 0) is 0 Å². The molecule has 5 rings (SSSR count). The number of rotatable bonds is 5. The van der Waals surface area contributed by atoms with Gasteiger partial charge in [0.25, 0.3) is 0 Å². The Balaban J connectivity index is 1.66. The molecule has 2 atom stereocenters. The van der Waals surface area contributed by atoms with Crippen LogP contribution in [0.1, 0.15) is 45.9 Å². The van der Waals surface area contributed by atoms with E-state index >= 15 is 0 Å². The molecule has 2 aromatic carbocycles. The highest BCUT2D eigenvalue weighted by atomic mass is 32.1. The number of nitrogens with zero attached hydrogens (tertiary/aromatic N) is 3.